The molecular formula is C21H21N3O2. The van der Waals surface area contributed by atoms with Gasteiger partial charge in [0, 0.05) is 31.5 Å². The standard InChI is InChI=1S/C21H21N3O2/c25-20(16-6-2-1-3-7-16)10-11-21(26)23-13-12-17(14-23)24-15-22-18-8-4-5-9-19(18)24/h1-9,15,17H,10-14H2. The van der Waals surface area contributed by atoms with Crippen molar-refractivity contribution in [3.63, 3.8) is 0 Å². The first-order valence-corrected chi connectivity index (χ1v) is 9.00. The molecule has 1 aliphatic heterocycles. The Labute approximate surface area is 152 Å². The van der Waals surface area contributed by atoms with Crippen LogP contribution in [0.3, 0.4) is 0 Å². The van der Waals surface area contributed by atoms with Gasteiger partial charge in [0.1, 0.15) is 0 Å². The van der Waals surface area contributed by atoms with Crippen LogP contribution in [-0.4, -0.2) is 39.2 Å². The van der Waals surface area contributed by atoms with Gasteiger partial charge in [0.25, 0.3) is 0 Å². The quantitative estimate of drug-likeness (QED) is 0.664. The molecule has 0 spiro atoms. The number of imidazole rings is 1. The molecule has 2 aromatic carbocycles. The van der Waals surface area contributed by atoms with Gasteiger partial charge in [-0.2, -0.15) is 0 Å². The molecule has 0 bridgehead atoms. The molecule has 1 unspecified atom stereocenters. The van der Waals surface area contributed by atoms with Crippen LogP contribution in [0, 0.1) is 0 Å². The van der Waals surface area contributed by atoms with E-state index >= 15 is 0 Å². The van der Waals surface area contributed by atoms with E-state index in [4.69, 9.17) is 0 Å². The first-order valence-electron chi connectivity index (χ1n) is 9.00. The summed E-state index contributed by atoms with van der Waals surface area (Å²) in [6.45, 7) is 1.41. The van der Waals surface area contributed by atoms with Gasteiger partial charge in [0.15, 0.2) is 5.78 Å². The maximum Gasteiger partial charge on any atom is 0.223 e. The number of aromatic nitrogens is 2. The van der Waals surface area contributed by atoms with Gasteiger partial charge >= 0.3 is 0 Å². The number of benzene rings is 2. The van der Waals surface area contributed by atoms with Crippen molar-refractivity contribution in [2.24, 2.45) is 0 Å². The Bertz CT molecular complexity index is 933. The number of amides is 1. The molecule has 1 fully saturated rings. The second-order valence-corrected chi connectivity index (χ2v) is 6.71. The molecule has 0 radical (unpaired) electrons. The van der Waals surface area contributed by atoms with Crippen LogP contribution >= 0.6 is 0 Å². The summed E-state index contributed by atoms with van der Waals surface area (Å²) in [5.74, 6) is 0.0801. The number of likely N-dealkylation sites (tertiary alicyclic amines) is 1. The van der Waals surface area contributed by atoms with Crippen molar-refractivity contribution < 1.29 is 9.59 Å². The number of carbonyl (C=O) groups is 2. The Morgan fingerprint density at radius 1 is 1.00 bits per heavy atom. The van der Waals surface area contributed by atoms with Gasteiger partial charge in [-0.05, 0) is 18.6 Å². The number of carbonyl (C=O) groups excluding carboxylic acids is 2. The lowest BCUT2D eigenvalue weighted by atomic mass is 10.1. The predicted molar refractivity (Wildman–Crippen MR) is 100.0 cm³/mol. The highest BCUT2D eigenvalue weighted by molar-refractivity contribution is 5.97. The molecule has 1 amide bonds. The number of Topliss-reactive ketones (excluding diaryl/α,β-unsaturated/α-hetero) is 1. The fourth-order valence-electron chi connectivity index (χ4n) is 3.61. The largest absolute Gasteiger partial charge is 0.341 e. The number of hydrogen-bond donors (Lipinski definition) is 0. The van der Waals surface area contributed by atoms with E-state index in [9.17, 15) is 9.59 Å². The van der Waals surface area contributed by atoms with E-state index in [-0.39, 0.29) is 30.6 Å². The van der Waals surface area contributed by atoms with Gasteiger partial charge in [-0.1, -0.05) is 42.5 Å². The highest BCUT2D eigenvalue weighted by atomic mass is 16.2. The summed E-state index contributed by atoms with van der Waals surface area (Å²) < 4.78 is 2.16. The second kappa shape index (κ2) is 7.12. The monoisotopic (exact) mass is 347 g/mol. The van der Waals surface area contributed by atoms with Crippen LogP contribution in [0.2, 0.25) is 0 Å². The number of hydrogen-bond acceptors (Lipinski definition) is 3. The van der Waals surface area contributed by atoms with Crippen LogP contribution in [0.15, 0.2) is 60.9 Å². The number of nitrogens with zero attached hydrogens (tertiary/aromatic N) is 3. The lowest BCUT2D eigenvalue weighted by molar-refractivity contribution is -0.130. The Hall–Kier alpha value is -2.95. The molecule has 1 saturated heterocycles. The van der Waals surface area contributed by atoms with Crippen molar-refractivity contribution in [3.8, 4) is 0 Å². The van der Waals surface area contributed by atoms with Crippen LogP contribution in [0.4, 0.5) is 0 Å². The molecule has 3 aromatic rings. The van der Waals surface area contributed by atoms with Gasteiger partial charge in [0.2, 0.25) is 5.91 Å². The van der Waals surface area contributed by atoms with E-state index < -0.39 is 0 Å². The highest BCUT2D eigenvalue weighted by Gasteiger charge is 2.28. The van der Waals surface area contributed by atoms with Crippen molar-refractivity contribution in [2.75, 3.05) is 13.1 Å². The first-order chi connectivity index (χ1) is 12.7. The van der Waals surface area contributed by atoms with Crippen molar-refractivity contribution in [1.82, 2.24) is 14.5 Å². The third kappa shape index (κ3) is 3.25. The van der Waals surface area contributed by atoms with Gasteiger partial charge in [-0.25, -0.2) is 4.98 Å². The molecule has 4 rings (SSSR count). The smallest absolute Gasteiger partial charge is 0.223 e. The molecule has 132 valence electrons. The van der Waals surface area contributed by atoms with Gasteiger partial charge in [0.05, 0.1) is 23.4 Å². The van der Waals surface area contributed by atoms with Gasteiger partial charge in [-0.15, -0.1) is 0 Å². The third-order valence-electron chi connectivity index (χ3n) is 5.05. The van der Waals surface area contributed by atoms with Crippen molar-refractivity contribution in [2.45, 2.75) is 25.3 Å². The molecule has 1 atom stereocenters. The number of fused-ring (bicyclic) bond motifs is 1. The van der Waals surface area contributed by atoms with Crippen LogP contribution in [0.25, 0.3) is 11.0 Å². The first kappa shape index (κ1) is 16.5. The number of para-hydroxylation sites is 2. The minimum Gasteiger partial charge on any atom is -0.341 e. The summed E-state index contributed by atoms with van der Waals surface area (Å²) in [6, 6.07) is 17.4. The second-order valence-electron chi connectivity index (χ2n) is 6.71. The Balaban J connectivity index is 1.36. The Morgan fingerprint density at radius 3 is 2.62 bits per heavy atom. The average molecular weight is 347 g/mol. The van der Waals surface area contributed by atoms with Gasteiger partial charge in [-0.3, -0.25) is 9.59 Å². The maximum atomic E-state index is 12.5. The average Bonchev–Trinajstić information content (AvgIpc) is 3.33. The summed E-state index contributed by atoms with van der Waals surface area (Å²) in [5.41, 5.74) is 2.75. The minimum atomic E-state index is 0.0234. The van der Waals surface area contributed by atoms with Crippen molar-refractivity contribution in [3.05, 3.63) is 66.5 Å². The summed E-state index contributed by atoms with van der Waals surface area (Å²) in [4.78, 5) is 31.0. The molecule has 2 heterocycles. The third-order valence-corrected chi connectivity index (χ3v) is 5.05. The minimum absolute atomic E-state index is 0.0234. The van der Waals surface area contributed by atoms with Crippen LogP contribution < -0.4 is 0 Å². The summed E-state index contributed by atoms with van der Waals surface area (Å²) >= 11 is 0. The molecule has 5 heteroatoms. The molecule has 1 aliphatic rings. The lowest BCUT2D eigenvalue weighted by Gasteiger charge is -2.17. The van der Waals surface area contributed by atoms with Crippen molar-refractivity contribution in [1.29, 1.82) is 0 Å². The van der Waals surface area contributed by atoms with E-state index in [1.807, 2.05) is 47.6 Å². The zero-order valence-corrected chi connectivity index (χ0v) is 14.5. The molecule has 26 heavy (non-hydrogen) atoms. The molecule has 1 aromatic heterocycles. The summed E-state index contributed by atoms with van der Waals surface area (Å²) in [5, 5.41) is 0. The van der Waals surface area contributed by atoms with E-state index in [2.05, 4.69) is 15.6 Å². The Morgan fingerprint density at radius 2 is 1.77 bits per heavy atom. The van der Waals surface area contributed by atoms with Crippen LogP contribution in [-0.2, 0) is 4.79 Å². The Kier molecular flexibility index (Phi) is 4.52. The van der Waals surface area contributed by atoms with Crippen LogP contribution in [0.5, 0.6) is 0 Å². The van der Waals surface area contributed by atoms with Gasteiger partial charge < -0.3 is 9.47 Å². The van der Waals surface area contributed by atoms with Crippen molar-refractivity contribution >= 4 is 22.7 Å². The summed E-state index contributed by atoms with van der Waals surface area (Å²) in [6.07, 6.45) is 3.31. The molecule has 0 saturated carbocycles. The summed E-state index contributed by atoms with van der Waals surface area (Å²) in [7, 11) is 0. The fourth-order valence-corrected chi connectivity index (χ4v) is 3.61. The normalized spacial score (nSPS) is 16.9. The highest BCUT2D eigenvalue weighted by Crippen LogP contribution is 2.26. The lowest BCUT2D eigenvalue weighted by Crippen LogP contribution is -2.29. The number of ketones is 1. The SMILES string of the molecule is O=C(CCC(=O)N1CCC(n2cnc3ccccc32)C1)c1ccccc1. The zero-order chi connectivity index (χ0) is 17.9. The van der Waals surface area contributed by atoms with Crippen LogP contribution in [0.1, 0.15) is 35.7 Å². The van der Waals surface area contributed by atoms with E-state index in [0.717, 1.165) is 24.0 Å². The van der Waals surface area contributed by atoms with E-state index in [1.54, 1.807) is 12.1 Å². The zero-order valence-electron chi connectivity index (χ0n) is 14.5. The molecule has 0 N–H and O–H groups in total. The number of rotatable bonds is 5. The topological polar surface area (TPSA) is 55.2 Å². The fraction of sp³-hybridized carbons (Fsp3) is 0.286. The van der Waals surface area contributed by atoms with E-state index in [0.29, 0.717) is 12.1 Å². The molecular weight excluding hydrogens is 326 g/mol. The maximum absolute atomic E-state index is 12.5. The van der Waals surface area contributed by atoms with E-state index in [1.165, 1.54) is 0 Å². The predicted octanol–water partition coefficient (Wildman–Crippen LogP) is 3.47. The molecule has 5 nitrogen and oxygen atoms in total. The molecule has 0 aliphatic carbocycles.